The van der Waals surface area contributed by atoms with Gasteiger partial charge in [-0.3, -0.25) is 4.79 Å². The molecule has 2 aromatic carbocycles. The monoisotopic (exact) mass is 278 g/mol. The fourth-order valence-corrected chi connectivity index (χ4v) is 2.90. The Labute approximate surface area is 122 Å². The van der Waals surface area contributed by atoms with Crippen LogP contribution in [0.1, 0.15) is 17.0 Å². The van der Waals surface area contributed by atoms with Gasteiger partial charge in [0.15, 0.2) is 5.60 Å². The molecule has 4 heteroatoms. The Morgan fingerprint density at radius 2 is 1.76 bits per heavy atom. The van der Waals surface area contributed by atoms with Crippen molar-refractivity contribution in [2.75, 3.05) is 11.9 Å². The highest BCUT2D eigenvalue weighted by molar-refractivity contribution is 6.07. The summed E-state index contributed by atoms with van der Waals surface area (Å²) in [7, 11) is 1.61. The van der Waals surface area contributed by atoms with Crippen molar-refractivity contribution in [3.63, 3.8) is 0 Å². The molecule has 4 nitrogen and oxygen atoms in total. The number of fused-ring (bicyclic) bond motifs is 1. The fraction of sp³-hybridized carbons (Fsp3) is 0.176. The van der Waals surface area contributed by atoms with Crippen molar-refractivity contribution >= 4 is 11.6 Å². The summed E-state index contributed by atoms with van der Waals surface area (Å²) in [5, 5.41) is 20.6. The van der Waals surface area contributed by atoms with E-state index >= 15 is 0 Å². The molecule has 0 bridgehead atoms. The Hall–Kier alpha value is -2.64. The first-order valence-corrected chi connectivity index (χ1v) is 6.65. The first-order chi connectivity index (χ1) is 10.1. The fourth-order valence-electron chi connectivity index (χ4n) is 2.90. The minimum atomic E-state index is -1.85. The zero-order valence-corrected chi connectivity index (χ0v) is 11.5. The van der Waals surface area contributed by atoms with Crippen LogP contribution in [0.15, 0.2) is 54.6 Å². The number of hydrogen-bond acceptors (Lipinski definition) is 3. The van der Waals surface area contributed by atoms with Crippen LogP contribution in [0.25, 0.3) is 0 Å². The Morgan fingerprint density at radius 3 is 2.43 bits per heavy atom. The van der Waals surface area contributed by atoms with Crippen molar-refractivity contribution in [2.24, 2.45) is 0 Å². The molecule has 0 spiro atoms. The molecule has 1 amide bonds. The van der Waals surface area contributed by atoms with E-state index in [2.05, 4.69) is 6.07 Å². The van der Waals surface area contributed by atoms with Gasteiger partial charge in [-0.2, -0.15) is 5.26 Å². The average Bonchev–Trinajstić information content (AvgIpc) is 2.72. The van der Waals surface area contributed by atoms with Crippen molar-refractivity contribution in [3.05, 3.63) is 65.7 Å². The molecule has 1 aliphatic heterocycles. The minimum absolute atomic E-state index is 0.473. The van der Waals surface area contributed by atoms with Gasteiger partial charge in [0.25, 0.3) is 5.91 Å². The summed E-state index contributed by atoms with van der Waals surface area (Å²) in [5.74, 6) is -1.42. The zero-order valence-electron chi connectivity index (χ0n) is 11.5. The standard InChI is InChI=1S/C17H14N2O2/c1-19-15-10-6-5-9-13(15)17(21,16(19)20)14(11-18)12-7-3-2-4-8-12/h2-10,14,21H,1H3/t14-,17+/m0/s1. The maximum Gasteiger partial charge on any atom is 0.265 e. The van der Waals surface area contributed by atoms with E-state index in [0.29, 0.717) is 16.8 Å². The maximum atomic E-state index is 12.6. The van der Waals surface area contributed by atoms with E-state index in [-0.39, 0.29) is 0 Å². The van der Waals surface area contributed by atoms with Crippen molar-refractivity contribution in [3.8, 4) is 6.07 Å². The van der Waals surface area contributed by atoms with Crippen LogP contribution in [-0.2, 0) is 10.4 Å². The lowest BCUT2D eigenvalue weighted by Gasteiger charge is -2.27. The van der Waals surface area contributed by atoms with Gasteiger partial charge in [-0.05, 0) is 11.6 Å². The van der Waals surface area contributed by atoms with Crippen LogP contribution in [0.2, 0.25) is 0 Å². The Morgan fingerprint density at radius 1 is 1.14 bits per heavy atom. The topological polar surface area (TPSA) is 64.3 Å². The number of amides is 1. The third-order valence-electron chi connectivity index (χ3n) is 3.99. The molecule has 0 radical (unpaired) electrons. The number of hydrogen-bond donors (Lipinski definition) is 1. The van der Waals surface area contributed by atoms with Crippen LogP contribution in [0.4, 0.5) is 5.69 Å². The molecule has 3 rings (SSSR count). The molecule has 1 N–H and O–H groups in total. The number of carbonyl (C=O) groups is 1. The van der Waals surface area contributed by atoms with Gasteiger partial charge in [0.1, 0.15) is 5.92 Å². The average molecular weight is 278 g/mol. The van der Waals surface area contributed by atoms with Crippen molar-refractivity contribution < 1.29 is 9.90 Å². The third-order valence-corrected chi connectivity index (χ3v) is 3.99. The van der Waals surface area contributed by atoms with Gasteiger partial charge in [0.2, 0.25) is 0 Å². The number of benzene rings is 2. The molecule has 1 heterocycles. The van der Waals surface area contributed by atoms with E-state index in [1.165, 1.54) is 4.90 Å². The molecular weight excluding hydrogens is 264 g/mol. The van der Waals surface area contributed by atoms with E-state index in [1.807, 2.05) is 6.07 Å². The third kappa shape index (κ3) is 1.75. The molecule has 1 aliphatic rings. The number of carbonyl (C=O) groups excluding carboxylic acids is 1. The Balaban J connectivity index is 2.20. The van der Waals surface area contributed by atoms with E-state index in [0.717, 1.165) is 0 Å². The summed E-state index contributed by atoms with van der Waals surface area (Å²) in [4.78, 5) is 14.0. The van der Waals surface area contributed by atoms with Crippen molar-refractivity contribution in [2.45, 2.75) is 11.5 Å². The molecular formula is C17H14N2O2. The molecule has 0 aliphatic carbocycles. The van der Waals surface area contributed by atoms with Crippen LogP contribution in [0.5, 0.6) is 0 Å². The zero-order chi connectivity index (χ0) is 15.0. The highest BCUT2D eigenvalue weighted by Crippen LogP contribution is 2.47. The number of anilines is 1. The lowest BCUT2D eigenvalue weighted by atomic mass is 9.79. The predicted molar refractivity (Wildman–Crippen MR) is 78.5 cm³/mol. The summed E-state index contributed by atoms with van der Waals surface area (Å²) in [6.07, 6.45) is 0. The van der Waals surface area contributed by atoms with Gasteiger partial charge in [0.05, 0.1) is 11.8 Å². The van der Waals surface area contributed by atoms with Gasteiger partial charge in [-0.15, -0.1) is 0 Å². The number of aliphatic hydroxyl groups is 1. The van der Waals surface area contributed by atoms with Crippen LogP contribution in [0.3, 0.4) is 0 Å². The number of likely N-dealkylation sites (N-methyl/N-ethyl adjacent to an activating group) is 1. The molecule has 0 unspecified atom stereocenters. The van der Waals surface area contributed by atoms with Crippen LogP contribution < -0.4 is 4.90 Å². The molecule has 2 atom stereocenters. The van der Waals surface area contributed by atoms with Gasteiger partial charge in [-0.25, -0.2) is 0 Å². The molecule has 2 aromatic rings. The molecule has 104 valence electrons. The largest absolute Gasteiger partial charge is 0.374 e. The summed E-state index contributed by atoms with van der Waals surface area (Å²) in [6, 6.07) is 18.0. The van der Waals surface area contributed by atoms with E-state index in [9.17, 15) is 15.2 Å². The van der Waals surface area contributed by atoms with E-state index < -0.39 is 17.4 Å². The molecule has 0 saturated heterocycles. The highest BCUT2D eigenvalue weighted by Gasteiger charge is 2.54. The van der Waals surface area contributed by atoms with Crippen molar-refractivity contribution in [1.29, 1.82) is 5.26 Å². The lowest BCUT2D eigenvalue weighted by Crippen LogP contribution is -2.43. The smallest absolute Gasteiger partial charge is 0.265 e. The Bertz CT molecular complexity index is 736. The van der Waals surface area contributed by atoms with Crippen LogP contribution in [0, 0.1) is 11.3 Å². The first-order valence-electron chi connectivity index (χ1n) is 6.65. The second-order valence-electron chi connectivity index (χ2n) is 5.12. The van der Waals surface area contributed by atoms with E-state index in [4.69, 9.17) is 0 Å². The first kappa shape index (κ1) is 13.3. The number of nitriles is 1. The highest BCUT2D eigenvalue weighted by atomic mass is 16.3. The van der Waals surface area contributed by atoms with Crippen LogP contribution >= 0.6 is 0 Å². The molecule has 0 aromatic heterocycles. The quantitative estimate of drug-likeness (QED) is 0.915. The van der Waals surface area contributed by atoms with Gasteiger partial charge >= 0.3 is 0 Å². The number of rotatable bonds is 2. The summed E-state index contributed by atoms with van der Waals surface area (Å²) >= 11 is 0. The predicted octanol–water partition coefficient (Wildman–Crippen LogP) is 2.16. The number of nitrogens with zero attached hydrogens (tertiary/aromatic N) is 2. The molecule has 0 fully saturated rings. The summed E-state index contributed by atoms with van der Waals surface area (Å²) in [5.41, 5.74) is -0.100. The molecule has 0 saturated carbocycles. The second kappa shape index (κ2) is 4.72. The van der Waals surface area contributed by atoms with Gasteiger partial charge < -0.3 is 10.0 Å². The SMILES string of the molecule is CN1C(=O)[C@](O)([C@@H](C#N)c2ccccc2)c2ccccc21. The normalized spacial score (nSPS) is 21.8. The maximum absolute atomic E-state index is 12.6. The molecule has 21 heavy (non-hydrogen) atoms. The van der Waals surface area contributed by atoms with Crippen molar-refractivity contribution in [1.82, 2.24) is 0 Å². The van der Waals surface area contributed by atoms with E-state index in [1.54, 1.807) is 55.6 Å². The minimum Gasteiger partial charge on any atom is -0.374 e. The second-order valence-corrected chi connectivity index (χ2v) is 5.12. The number of para-hydroxylation sites is 1. The summed E-state index contributed by atoms with van der Waals surface area (Å²) < 4.78 is 0. The lowest BCUT2D eigenvalue weighted by molar-refractivity contribution is -0.136. The van der Waals surface area contributed by atoms with Crippen LogP contribution in [-0.4, -0.2) is 18.1 Å². The summed E-state index contributed by atoms with van der Waals surface area (Å²) in [6.45, 7) is 0. The van der Waals surface area contributed by atoms with Gasteiger partial charge in [0, 0.05) is 12.6 Å². The Kier molecular flexibility index (Phi) is 3.00. The van der Waals surface area contributed by atoms with Gasteiger partial charge in [-0.1, -0.05) is 48.5 Å².